The van der Waals surface area contributed by atoms with Crippen LogP contribution < -0.4 is 5.32 Å². The van der Waals surface area contributed by atoms with Crippen molar-refractivity contribution in [2.75, 3.05) is 37.7 Å². The Morgan fingerprint density at radius 3 is 2.56 bits per heavy atom. The molecule has 0 saturated carbocycles. The second-order valence-electron chi connectivity index (χ2n) is 4.27. The molecule has 1 aliphatic heterocycles. The number of carbonyl (C=O) groups excluding carboxylic acids is 1. The molecule has 1 rings (SSSR count). The van der Waals surface area contributed by atoms with Gasteiger partial charge in [-0.2, -0.15) is 11.8 Å². The van der Waals surface area contributed by atoms with Crippen molar-refractivity contribution in [2.24, 2.45) is 5.92 Å². The number of carbonyl (C=O) groups is 1. The standard InChI is InChI=1S/C12H24N2OS/c1-3-14(4-2)12(15)6-5-7-16-10-11-8-13-9-11/h11,13H,3-10H2,1-2H3. The predicted octanol–water partition coefficient (Wildman–Crippen LogP) is 1.59. The van der Waals surface area contributed by atoms with Crippen LogP contribution in [0.4, 0.5) is 0 Å². The third-order valence-corrected chi connectivity index (χ3v) is 4.30. The molecule has 0 aromatic rings. The fraction of sp³-hybridized carbons (Fsp3) is 0.917. The van der Waals surface area contributed by atoms with Crippen molar-refractivity contribution >= 4 is 17.7 Å². The maximum absolute atomic E-state index is 11.7. The van der Waals surface area contributed by atoms with Crippen molar-refractivity contribution in [1.29, 1.82) is 0 Å². The summed E-state index contributed by atoms with van der Waals surface area (Å²) in [6.07, 6.45) is 1.75. The fourth-order valence-corrected chi connectivity index (χ4v) is 2.86. The van der Waals surface area contributed by atoms with Gasteiger partial charge in [0.15, 0.2) is 0 Å². The molecule has 0 bridgehead atoms. The molecule has 1 N–H and O–H groups in total. The van der Waals surface area contributed by atoms with Crippen LogP contribution >= 0.6 is 11.8 Å². The van der Waals surface area contributed by atoms with E-state index in [1.165, 1.54) is 18.8 Å². The molecule has 1 saturated heterocycles. The number of amides is 1. The molecule has 0 unspecified atom stereocenters. The molecule has 1 heterocycles. The molecule has 0 aromatic carbocycles. The van der Waals surface area contributed by atoms with Crippen LogP contribution in [-0.4, -0.2) is 48.5 Å². The van der Waals surface area contributed by atoms with Gasteiger partial charge < -0.3 is 10.2 Å². The highest BCUT2D eigenvalue weighted by Crippen LogP contribution is 2.14. The Morgan fingerprint density at radius 1 is 1.38 bits per heavy atom. The smallest absolute Gasteiger partial charge is 0.222 e. The number of thioether (sulfide) groups is 1. The van der Waals surface area contributed by atoms with Crippen molar-refractivity contribution in [1.82, 2.24) is 10.2 Å². The number of hydrogen-bond donors (Lipinski definition) is 1. The van der Waals surface area contributed by atoms with Gasteiger partial charge in [0.25, 0.3) is 0 Å². The second kappa shape index (κ2) is 7.96. The zero-order chi connectivity index (χ0) is 11.8. The van der Waals surface area contributed by atoms with Crippen LogP contribution in [0.1, 0.15) is 26.7 Å². The Labute approximate surface area is 103 Å². The molecule has 1 amide bonds. The van der Waals surface area contributed by atoms with Crippen LogP contribution in [-0.2, 0) is 4.79 Å². The van der Waals surface area contributed by atoms with Crippen molar-refractivity contribution in [3.8, 4) is 0 Å². The summed E-state index contributed by atoms with van der Waals surface area (Å²) in [5, 5.41) is 3.28. The van der Waals surface area contributed by atoms with Crippen LogP contribution in [0.2, 0.25) is 0 Å². The van der Waals surface area contributed by atoms with Gasteiger partial charge in [-0.1, -0.05) is 0 Å². The summed E-state index contributed by atoms with van der Waals surface area (Å²) < 4.78 is 0. The lowest BCUT2D eigenvalue weighted by molar-refractivity contribution is -0.130. The van der Waals surface area contributed by atoms with Crippen LogP contribution in [0.25, 0.3) is 0 Å². The van der Waals surface area contributed by atoms with Crippen LogP contribution in [0.5, 0.6) is 0 Å². The molecule has 0 spiro atoms. The molecule has 1 fully saturated rings. The van der Waals surface area contributed by atoms with E-state index in [0.717, 1.165) is 37.6 Å². The SMILES string of the molecule is CCN(CC)C(=O)CCCSCC1CNC1. The maximum Gasteiger partial charge on any atom is 0.222 e. The Balaban J connectivity index is 1.94. The molecule has 1 aliphatic rings. The van der Waals surface area contributed by atoms with Gasteiger partial charge in [-0.05, 0) is 50.8 Å². The first-order chi connectivity index (χ1) is 7.77. The van der Waals surface area contributed by atoms with Gasteiger partial charge in [0, 0.05) is 19.5 Å². The third-order valence-electron chi connectivity index (χ3n) is 3.02. The molecule has 16 heavy (non-hydrogen) atoms. The van der Waals surface area contributed by atoms with Gasteiger partial charge in [-0.25, -0.2) is 0 Å². The average Bonchev–Trinajstić information content (AvgIpc) is 2.22. The van der Waals surface area contributed by atoms with Gasteiger partial charge in [0.1, 0.15) is 0 Å². The molecule has 94 valence electrons. The topological polar surface area (TPSA) is 32.3 Å². The summed E-state index contributed by atoms with van der Waals surface area (Å²) >= 11 is 2.00. The summed E-state index contributed by atoms with van der Waals surface area (Å²) in [4.78, 5) is 13.6. The highest BCUT2D eigenvalue weighted by molar-refractivity contribution is 7.99. The van der Waals surface area contributed by atoms with Crippen molar-refractivity contribution < 1.29 is 4.79 Å². The van der Waals surface area contributed by atoms with E-state index in [2.05, 4.69) is 5.32 Å². The highest BCUT2D eigenvalue weighted by atomic mass is 32.2. The Bertz CT molecular complexity index is 203. The summed E-state index contributed by atoms with van der Waals surface area (Å²) in [5.41, 5.74) is 0. The number of nitrogens with one attached hydrogen (secondary N) is 1. The molecule has 0 radical (unpaired) electrons. The lowest BCUT2D eigenvalue weighted by Crippen LogP contribution is -2.43. The summed E-state index contributed by atoms with van der Waals surface area (Å²) in [5.74, 6) is 3.58. The lowest BCUT2D eigenvalue weighted by Gasteiger charge is -2.26. The van der Waals surface area contributed by atoms with Gasteiger partial charge in [0.05, 0.1) is 0 Å². The molecular formula is C12H24N2OS. The summed E-state index contributed by atoms with van der Waals surface area (Å²) in [7, 11) is 0. The van der Waals surface area contributed by atoms with Crippen LogP contribution in [0.3, 0.4) is 0 Å². The number of hydrogen-bond acceptors (Lipinski definition) is 3. The van der Waals surface area contributed by atoms with E-state index in [0.29, 0.717) is 5.91 Å². The van der Waals surface area contributed by atoms with Crippen LogP contribution in [0.15, 0.2) is 0 Å². The molecule has 0 aliphatic carbocycles. The zero-order valence-corrected chi connectivity index (χ0v) is 11.3. The second-order valence-corrected chi connectivity index (χ2v) is 5.42. The van der Waals surface area contributed by atoms with Crippen molar-refractivity contribution in [3.63, 3.8) is 0 Å². The monoisotopic (exact) mass is 244 g/mol. The molecular weight excluding hydrogens is 220 g/mol. The minimum atomic E-state index is 0.316. The van der Waals surface area contributed by atoms with E-state index in [1.54, 1.807) is 0 Å². The quantitative estimate of drug-likeness (QED) is 0.658. The molecule has 0 atom stereocenters. The van der Waals surface area contributed by atoms with E-state index in [4.69, 9.17) is 0 Å². The average molecular weight is 244 g/mol. The minimum Gasteiger partial charge on any atom is -0.343 e. The van der Waals surface area contributed by atoms with Gasteiger partial charge in [0.2, 0.25) is 5.91 Å². The first-order valence-electron chi connectivity index (χ1n) is 6.34. The van der Waals surface area contributed by atoms with E-state index in [9.17, 15) is 4.79 Å². The predicted molar refractivity (Wildman–Crippen MR) is 70.8 cm³/mol. The Morgan fingerprint density at radius 2 is 2.06 bits per heavy atom. The van der Waals surface area contributed by atoms with E-state index in [-0.39, 0.29) is 0 Å². The van der Waals surface area contributed by atoms with Crippen molar-refractivity contribution in [2.45, 2.75) is 26.7 Å². The van der Waals surface area contributed by atoms with Gasteiger partial charge in [-0.3, -0.25) is 4.79 Å². The van der Waals surface area contributed by atoms with Crippen molar-refractivity contribution in [3.05, 3.63) is 0 Å². The lowest BCUT2D eigenvalue weighted by atomic mass is 10.1. The normalized spacial score (nSPS) is 15.9. The van der Waals surface area contributed by atoms with Gasteiger partial charge >= 0.3 is 0 Å². The zero-order valence-electron chi connectivity index (χ0n) is 10.5. The Hall–Kier alpha value is -0.220. The van der Waals surface area contributed by atoms with E-state index >= 15 is 0 Å². The van der Waals surface area contributed by atoms with Gasteiger partial charge in [-0.15, -0.1) is 0 Å². The number of nitrogens with zero attached hydrogens (tertiary/aromatic N) is 1. The number of rotatable bonds is 8. The Kier molecular flexibility index (Phi) is 6.88. The van der Waals surface area contributed by atoms with Crippen LogP contribution in [0, 0.1) is 5.92 Å². The fourth-order valence-electron chi connectivity index (χ4n) is 1.78. The molecule has 0 aromatic heterocycles. The van der Waals surface area contributed by atoms with E-state index < -0.39 is 0 Å². The summed E-state index contributed by atoms with van der Waals surface area (Å²) in [6, 6.07) is 0. The molecule has 3 nitrogen and oxygen atoms in total. The maximum atomic E-state index is 11.7. The third kappa shape index (κ3) is 4.74. The molecule has 4 heteroatoms. The summed E-state index contributed by atoms with van der Waals surface area (Å²) in [6.45, 7) is 8.14. The first-order valence-corrected chi connectivity index (χ1v) is 7.49. The first kappa shape index (κ1) is 13.8. The van der Waals surface area contributed by atoms with E-state index in [1.807, 2.05) is 30.5 Å². The minimum absolute atomic E-state index is 0.316. The highest BCUT2D eigenvalue weighted by Gasteiger charge is 2.16. The largest absolute Gasteiger partial charge is 0.343 e.